The zero-order chi connectivity index (χ0) is 14.7. The Kier molecular flexibility index (Phi) is 3.95. The minimum absolute atomic E-state index is 0.0844. The van der Waals surface area contributed by atoms with Gasteiger partial charge in [-0.25, -0.2) is 4.79 Å². The van der Waals surface area contributed by atoms with Crippen LogP contribution in [0.1, 0.15) is 20.7 Å². The van der Waals surface area contributed by atoms with E-state index in [2.05, 4.69) is 5.32 Å². The number of anilines is 1. The van der Waals surface area contributed by atoms with Gasteiger partial charge in [0.05, 0.1) is 29.6 Å². The smallest absolute Gasteiger partial charge is 0.339 e. The van der Waals surface area contributed by atoms with Crippen molar-refractivity contribution < 1.29 is 23.8 Å². The molecule has 0 spiro atoms. The van der Waals surface area contributed by atoms with Crippen LogP contribution < -0.4 is 10.1 Å². The quantitative estimate of drug-likeness (QED) is 0.905. The van der Waals surface area contributed by atoms with Crippen LogP contribution in [0.3, 0.4) is 0 Å². The summed E-state index contributed by atoms with van der Waals surface area (Å²) in [5.74, 6) is -1.49. The van der Waals surface area contributed by atoms with Crippen LogP contribution in [0.15, 0.2) is 35.1 Å². The summed E-state index contributed by atoms with van der Waals surface area (Å²) in [5, 5.41) is 11.7. The van der Waals surface area contributed by atoms with Gasteiger partial charge in [-0.05, 0) is 12.1 Å². The van der Waals surface area contributed by atoms with Crippen LogP contribution in [0.4, 0.5) is 5.69 Å². The lowest BCUT2D eigenvalue weighted by Gasteiger charge is -2.11. The lowest BCUT2D eigenvalue weighted by Crippen LogP contribution is -2.12. The normalized spacial score (nSPS) is 10.1. The molecule has 0 bridgehead atoms. The molecule has 1 amide bonds. The molecule has 1 heterocycles. The molecule has 0 radical (unpaired) electrons. The average molecular weight is 296 g/mol. The van der Waals surface area contributed by atoms with E-state index in [4.69, 9.17) is 25.9 Å². The third-order valence-corrected chi connectivity index (χ3v) is 2.86. The molecule has 1 aromatic heterocycles. The monoisotopic (exact) mass is 295 g/mol. The van der Waals surface area contributed by atoms with Crippen molar-refractivity contribution in [1.29, 1.82) is 0 Å². The predicted octanol–water partition coefficient (Wildman–Crippen LogP) is 2.89. The second-order valence-corrected chi connectivity index (χ2v) is 4.21. The number of rotatable bonds is 4. The van der Waals surface area contributed by atoms with E-state index in [1.54, 1.807) is 0 Å². The standard InChI is InChI=1S/C13H10ClNO5/c1-19-11-5-10(9(14)4-8(11)13(17)18)15-12(16)7-2-3-20-6-7/h2-6H,1H3,(H,15,16)(H,17,18). The van der Waals surface area contributed by atoms with Gasteiger partial charge in [0.2, 0.25) is 0 Å². The Balaban J connectivity index is 2.33. The van der Waals surface area contributed by atoms with Gasteiger partial charge in [-0.2, -0.15) is 0 Å². The van der Waals surface area contributed by atoms with E-state index >= 15 is 0 Å². The van der Waals surface area contributed by atoms with Crippen LogP contribution >= 0.6 is 11.6 Å². The number of nitrogens with one attached hydrogen (secondary N) is 1. The first-order valence-corrected chi connectivity index (χ1v) is 5.85. The highest BCUT2D eigenvalue weighted by atomic mass is 35.5. The van der Waals surface area contributed by atoms with Gasteiger partial charge in [0, 0.05) is 6.07 Å². The van der Waals surface area contributed by atoms with Crippen molar-refractivity contribution >= 4 is 29.2 Å². The van der Waals surface area contributed by atoms with Crippen molar-refractivity contribution in [3.05, 3.63) is 46.9 Å². The molecule has 0 fully saturated rings. The van der Waals surface area contributed by atoms with Crippen LogP contribution in [0.2, 0.25) is 5.02 Å². The van der Waals surface area contributed by atoms with E-state index in [0.717, 1.165) is 0 Å². The number of furan rings is 1. The van der Waals surface area contributed by atoms with E-state index in [1.807, 2.05) is 0 Å². The topological polar surface area (TPSA) is 88.8 Å². The minimum atomic E-state index is -1.17. The number of amides is 1. The first-order chi connectivity index (χ1) is 9.52. The molecule has 0 unspecified atom stereocenters. The van der Waals surface area contributed by atoms with Crippen LogP contribution in [-0.2, 0) is 0 Å². The number of carboxylic acids is 1. The molecular weight excluding hydrogens is 286 g/mol. The molecule has 0 atom stereocenters. The molecule has 7 heteroatoms. The number of benzene rings is 1. The average Bonchev–Trinajstić information content (AvgIpc) is 2.94. The van der Waals surface area contributed by atoms with Gasteiger partial charge in [-0.15, -0.1) is 0 Å². The molecule has 1 aromatic carbocycles. The zero-order valence-corrected chi connectivity index (χ0v) is 11.1. The van der Waals surface area contributed by atoms with E-state index < -0.39 is 11.9 Å². The minimum Gasteiger partial charge on any atom is -0.496 e. The lowest BCUT2D eigenvalue weighted by atomic mass is 10.1. The molecule has 104 valence electrons. The highest BCUT2D eigenvalue weighted by molar-refractivity contribution is 6.34. The van der Waals surface area contributed by atoms with Crippen molar-refractivity contribution in [2.75, 3.05) is 12.4 Å². The third-order valence-electron chi connectivity index (χ3n) is 2.55. The fourth-order valence-corrected chi connectivity index (χ4v) is 1.78. The number of hydrogen-bond acceptors (Lipinski definition) is 4. The van der Waals surface area contributed by atoms with Crippen molar-refractivity contribution in [1.82, 2.24) is 0 Å². The lowest BCUT2D eigenvalue weighted by molar-refractivity contribution is 0.0693. The fraction of sp³-hybridized carbons (Fsp3) is 0.0769. The number of hydrogen-bond donors (Lipinski definition) is 2. The van der Waals surface area contributed by atoms with Gasteiger partial charge < -0.3 is 19.6 Å². The second kappa shape index (κ2) is 5.66. The number of carbonyl (C=O) groups excluding carboxylic acids is 1. The van der Waals surface area contributed by atoms with E-state index in [9.17, 15) is 9.59 Å². The summed E-state index contributed by atoms with van der Waals surface area (Å²) in [6.45, 7) is 0. The summed E-state index contributed by atoms with van der Waals surface area (Å²) < 4.78 is 9.77. The zero-order valence-electron chi connectivity index (χ0n) is 10.3. The molecule has 6 nitrogen and oxygen atoms in total. The first-order valence-electron chi connectivity index (χ1n) is 5.47. The van der Waals surface area contributed by atoms with E-state index in [0.29, 0.717) is 5.56 Å². The number of aromatic carboxylic acids is 1. The summed E-state index contributed by atoms with van der Waals surface area (Å²) in [5.41, 5.74) is 0.487. The Bertz CT molecular complexity index is 651. The number of carbonyl (C=O) groups is 2. The van der Waals surface area contributed by atoms with Crippen molar-refractivity contribution in [3.8, 4) is 5.75 Å². The molecule has 0 aliphatic rings. The molecule has 0 aliphatic heterocycles. The number of carboxylic acid groups (broad SMARTS) is 1. The van der Waals surface area contributed by atoms with Crippen LogP contribution in [0.5, 0.6) is 5.75 Å². The number of halogens is 1. The van der Waals surface area contributed by atoms with Crippen molar-refractivity contribution in [3.63, 3.8) is 0 Å². The summed E-state index contributed by atoms with van der Waals surface area (Å²) >= 11 is 5.95. The van der Waals surface area contributed by atoms with Gasteiger partial charge in [-0.3, -0.25) is 4.79 Å². The molecular formula is C13H10ClNO5. The molecule has 0 aliphatic carbocycles. The van der Waals surface area contributed by atoms with Gasteiger partial charge in [0.1, 0.15) is 17.6 Å². The summed E-state index contributed by atoms with van der Waals surface area (Å²) in [6.07, 6.45) is 2.65. The molecule has 2 N–H and O–H groups in total. The third kappa shape index (κ3) is 2.75. The van der Waals surface area contributed by atoms with E-state index in [-0.39, 0.29) is 22.0 Å². The first kappa shape index (κ1) is 14.0. The summed E-state index contributed by atoms with van der Waals surface area (Å²) in [6, 6.07) is 4.06. The highest BCUT2D eigenvalue weighted by Crippen LogP contribution is 2.31. The summed E-state index contributed by atoms with van der Waals surface area (Å²) in [4.78, 5) is 22.9. The largest absolute Gasteiger partial charge is 0.496 e. The molecule has 20 heavy (non-hydrogen) atoms. The van der Waals surface area contributed by atoms with Gasteiger partial charge in [-0.1, -0.05) is 11.6 Å². The van der Waals surface area contributed by atoms with Crippen LogP contribution in [0, 0.1) is 0 Å². The number of ether oxygens (including phenoxy) is 1. The summed E-state index contributed by atoms with van der Waals surface area (Å²) in [7, 11) is 1.33. The Hall–Kier alpha value is -2.47. The van der Waals surface area contributed by atoms with Crippen molar-refractivity contribution in [2.45, 2.75) is 0 Å². The Labute approximate surface area is 118 Å². The Morgan fingerprint density at radius 1 is 1.40 bits per heavy atom. The van der Waals surface area contributed by atoms with Crippen molar-refractivity contribution in [2.24, 2.45) is 0 Å². The van der Waals surface area contributed by atoms with Gasteiger partial charge in [0.25, 0.3) is 5.91 Å². The molecule has 2 rings (SSSR count). The maximum Gasteiger partial charge on any atom is 0.339 e. The second-order valence-electron chi connectivity index (χ2n) is 3.80. The predicted molar refractivity (Wildman–Crippen MR) is 71.6 cm³/mol. The molecule has 0 saturated heterocycles. The van der Waals surface area contributed by atoms with Crippen LogP contribution in [-0.4, -0.2) is 24.1 Å². The Morgan fingerprint density at radius 2 is 2.15 bits per heavy atom. The SMILES string of the molecule is COc1cc(NC(=O)c2ccoc2)c(Cl)cc1C(=O)O. The molecule has 0 saturated carbocycles. The Morgan fingerprint density at radius 3 is 2.70 bits per heavy atom. The molecule has 2 aromatic rings. The number of methoxy groups -OCH3 is 1. The highest BCUT2D eigenvalue weighted by Gasteiger charge is 2.17. The van der Waals surface area contributed by atoms with Gasteiger partial charge >= 0.3 is 5.97 Å². The van der Waals surface area contributed by atoms with E-state index in [1.165, 1.54) is 37.8 Å². The van der Waals surface area contributed by atoms with Gasteiger partial charge in [0.15, 0.2) is 0 Å². The maximum atomic E-state index is 11.9. The fourth-order valence-electron chi connectivity index (χ4n) is 1.57. The maximum absolute atomic E-state index is 11.9. The van der Waals surface area contributed by atoms with Crippen LogP contribution in [0.25, 0.3) is 0 Å².